The molecule has 1 nitrogen and oxygen atoms in total. The fourth-order valence-corrected chi connectivity index (χ4v) is 0. The summed E-state index contributed by atoms with van der Waals surface area (Å²) in [6.07, 6.45) is 0. The highest BCUT2D eigenvalue weighted by Crippen LogP contribution is 2.80. The first-order valence-corrected chi connectivity index (χ1v) is 9.40. The maximum atomic E-state index is 3.41. The van der Waals surface area contributed by atoms with Gasteiger partial charge in [0.25, 0.3) is 3.52 Å². The molecule has 0 saturated heterocycles. The summed E-state index contributed by atoms with van der Waals surface area (Å²) in [6, 6.07) is 0. The Kier molecular flexibility index (Phi) is 3.93. The Morgan fingerprint density at radius 1 is 1.14 bits per heavy atom. The summed E-state index contributed by atoms with van der Waals surface area (Å²) in [5.74, 6) is 0. The zero-order valence-corrected chi connectivity index (χ0v) is 9.68. The largest absolute Gasteiger partial charge is 0.289 e. The van der Waals surface area contributed by atoms with Crippen molar-refractivity contribution in [3.63, 3.8) is 0 Å². The summed E-state index contributed by atoms with van der Waals surface area (Å²) >= 11 is 10.2. The predicted molar refractivity (Wildman–Crippen MR) is 47.4 cm³/mol. The van der Waals surface area contributed by atoms with E-state index in [0.29, 0.717) is 0 Å². The van der Waals surface area contributed by atoms with Gasteiger partial charge in [0, 0.05) is 14.1 Å². The van der Waals surface area contributed by atoms with Crippen LogP contribution in [0.3, 0.4) is 0 Å². The molecule has 0 aromatic heterocycles. The zero-order chi connectivity index (χ0) is 6.08. The van der Waals surface area contributed by atoms with E-state index in [1.54, 1.807) is 0 Å². The second-order valence-electron chi connectivity index (χ2n) is 1.27. The highest BCUT2D eigenvalue weighted by molar-refractivity contribution is 9.96. The van der Waals surface area contributed by atoms with Crippen molar-refractivity contribution < 1.29 is 0 Å². The molecule has 0 aliphatic heterocycles. The molecule has 0 saturated carbocycles. The summed E-state index contributed by atoms with van der Waals surface area (Å²) in [6.45, 7) is 0. The smallest absolute Gasteiger partial charge is 0.157 e. The van der Waals surface area contributed by atoms with Gasteiger partial charge in [0.2, 0.25) is 0 Å². The van der Waals surface area contributed by atoms with Crippen molar-refractivity contribution in [1.29, 1.82) is 0 Å². The van der Waals surface area contributed by atoms with Gasteiger partial charge in [-0.2, -0.15) is 4.67 Å². The van der Waals surface area contributed by atoms with Crippen molar-refractivity contribution in [3.05, 3.63) is 0 Å². The average Bonchev–Trinajstić information content (AvgIpc) is 1.31. The van der Waals surface area contributed by atoms with Gasteiger partial charge in [0.15, 0.2) is 46.5 Å². The van der Waals surface area contributed by atoms with E-state index in [2.05, 4.69) is 46.5 Å². The summed E-state index contributed by atoms with van der Waals surface area (Å²) in [5, 5.41) is 0. The second kappa shape index (κ2) is 3.11. The van der Waals surface area contributed by atoms with Crippen LogP contribution in [0, 0.1) is 0 Å². The summed E-state index contributed by atoms with van der Waals surface area (Å²) < 4.78 is 0.832. The fourth-order valence-electron chi connectivity index (χ4n) is 0. The summed E-state index contributed by atoms with van der Waals surface area (Å²) in [7, 11) is 3.98. The van der Waals surface area contributed by atoms with Crippen LogP contribution in [0.1, 0.15) is 0 Å². The maximum absolute atomic E-state index is 3.41. The van der Waals surface area contributed by atoms with E-state index in [9.17, 15) is 0 Å². The van der Waals surface area contributed by atoms with Crippen molar-refractivity contribution in [2.75, 3.05) is 14.1 Å². The van der Waals surface area contributed by atoms with Crippen LogP contribution in [0.2, 0.25) is 0 Å². The van der Waals surface area contributed by atoms with Crippen molar-refractivity contribution >= 4 is 50.0 Å². The molecule has 0 atom stereocenters. The van der Waals surface area contributed by atoms with Gasteiger partial charge in [-0.05, 0) is 0 Å². The molecule has 0 radical (unpaired) electrons. The van der Waals surface area contributed by atoms with E-state index in [-0.39, 0.29) is 0 Å². The van der Waals surface area contributed by atoms with Gasteiger partial charge < -0.3 is 0 Å². The van der Waals surface area contributed by atoms with Crippen molar-refractivity contribution in [3.8, 4) is 0 Å². The van der Waals surface area contributed by atoms with E-state index in [1.807, 2.05) is 18.8 Å². The third-order valence-corrected chi connectivity index (χ3v) is 7.07. The molecule has 0 fully saturated rings. The minimum absolute atomic E-state index is 1.22. The van der Waals surface area contributed by atoms with Crippen LogP contribution in [-0.4, -0.2) is 18.8 Å². The van der Waals surface area contributed by atoms with Gasteiger partial charge >= 0.3 is 0 Å². The first-order valence-electron chi connectivity index (χ1n) is 1.60. The third-order valence-electron chi connectivity index (χ3n) is 0.454. The van der Waals surface area contributed by atoms with Crippen LogP contribution in [0.25, 0.3) is 0 Å². The van der Waals surface area contributed by atoms with E-state index >= 15 is 0 Å². The molecule has 0 rings (SSSR count). The van der Waals surface area contributed by atoms with Crippen molar-refractivity contribution in [2.45, 2.75) is 0 Å². The van der Waals surface area contributed by atoms with Gasteiger partial charge in [-0.15, -0.1) is 0 Å². The van der Waals surface area contributed by atoms with Gasteiger partial charge in [-0.1, -0.05) is 0 Å². The minimum atomic E-state index is -1.22. The quantitative estimate of drug-likeness (QED) is 0.670. The number of hydrogen-bond acceptors (Lipinski definition) is 1. The van der Waals surface area contributed by atoms with Crippen LogP contribution in [0.4, 0.5) is 0 Å². The Morgan fingerprint density at radius 3 is 1.29 bits per heavy atom. The molecule has 0 heterocycles. The van der Waals surface area contributed by atoms with Gasteiger partial charge in [-0.25, -0.2) is 0 Å². The van der Waals surface area contributed by atoms with E-state index in [1.165, 1.54) is 0 Å². The van der Waals surface area contributed by atoms with Crippen LogP contribution in [0.15, 0.2) is 0 Å². The second-order valence-corrected chi connectivity index (χ2v) is 20.7. The molecule has 7 heavy (non-hydrogen) atoms. The molecule has 5 heteroatoms. The lowest BCUT2D eigenvalue weighted by Crippen LogP contribution is -1.99. The standard InChI is InChI=1S/C2H6Br3NP/c1-6(2)7(3,4)5/h1-2H3/q+1. The van der Waals surface area contributed by atoms with Crippen molar-refractivity contribution in [1.82, 2.24) is 4.67 Å². The molecule has 0 bridgehead atoms. The lowest BCUT2D eigenvalue weighted by molar-refractivity contribution is 0.697. The number of rotatable bonds is 1. The molecule has 0 N–H and O–H groups in total. The highest BCUT2D eigenvalue weighted by Gasteiger charge is 2.32. The summed E-state index contributed by atoms with van der Waals surface area (Å²) in [4.78, 5) is 0. The molecule has 0 unspecified atom stereocenters. The van der Waals surface area contributed by atoms with E-state index in [0.717, 1.165) is 0 Å². The molecule has 44 valence electrons. The number of halogens is 3. The average molecular weight is 315 g/mol. The molecule has 0 spiro atoms. The lowest BCUT2D eigenvalue weighted by atomic mass is 11.3. The van der Waals surface area contributed by atoms with Crippen molar-refractivity contribution in [2.24, 2.45) is 0 Å². The van der Waals surface area contributed by atoms with Gasteiger partial charge in [0.1, 0.15) is 0 Å². The first-order chi connectivity index (χ1) is 2.94. The Morgan fingerprint density at radius 2 is 1.29 bits per heavy atom. The molecular formula is C2H6Br3NP+. The molecule has 0 aliphatic rings. The highest BCUT2D eigenvalue weighted by atomic mass is 80.0. The van der Waals surface area contributed by atoms with Crippen LogP contribution in [-0.2, 0) is 0 Å². The Bertz CT molecular complexity index is 58.4. The van der Waals surface area contributed by atoms with E-state index in [4.69, 9.17) is 0 Å². The van der Waals surface area contributed by atoms with E-state index < -0.39 is 3.52 Å². The molecule has 0 aromatic rings. The Labute approximate surface area is 68.4 Å². The SMILES string of the molecule is CN(C)[P+](Br)(Br)Br. The topological polar surface area (TPSA) is 3.24 Å². The molecule has 0 amide bonds. The fraction of sp³-hybridized carbons (Fsp3) is 1.00. The first kappa shape index (κ1) is 8.83. The lowest BCUT2D eigenvalue weighted by Gasteiger charge is -2.07. The van der Waals surface area contributed by atoms with Crippen LogP contribution >= 0.6 is 50.0 Å². The maximum Gasteiger partial charge on any atom is 0.289 e. The summed E-state index contributed by atoms with van der Waals surface area (Å²) in [5.41, 5.74) is 0. The number of nitrogens with zero attached hydrogens (tertiary/aromatic N) is 1. The minimum Gasteiger partial charge on any atom is -0.157 e. The Balaban J connectivity index is 3.54. The monoisotopic (exact) mass is 312 g/mol. The molecular weight excluding hydrogens is 309 g/mol. The third kappa shape index (κ3) is 4.34. The zero-order valence-electron chi connectivity index (χ0n) is 4.03. The Hall–Kier alpha value is 1.83. The molecule has 0 aromatic carbocycles. The van der Waals surface area contributed by atoms with Gasteiger partial charge in [0.05, 0.1) is 0 Å². The number of hydrogen-bond donors (Lipinski definition) is 0. The normalized spacial score (nSPS) is 12.9. The molecule has 0 aliphatic carbocycles. The van der Waals surface area contributed by atoms with Gasteiger partial charge in [-0.3, -0.25) is 0 Å². The predicted octanol–water partition coefficient (Wildman–Crippen LogP) is 3.41. The van der Waals surface area contributed by atoms with Crippen LogP contribution < -0.4 is 0 Å². The van der Waals surface area contributed by atoms with Crippen LogP contribution in [0.5, 0.6) is 0 Å².